The van der Waals surface area contributed by atoms with E-state index in [9.17, 15) is 25.2 Å². The second-order valence-electron chi connectivity index (χ2n) is 14.9. The van der Waals surface area contributed by atoms with Gasteiger partial charge in [0, 0.05) is 37.3 Å². The van der Waals surface area contributed by atoms with E-state index in [0.29, 0.717) is 49.0 Å². The molecule has 4 aliphatic rings. The lowest BCUT2D eigenvalue weighted by Gasteiger charge is -2.36. The highest BCUT2D eigenvalue weighted by Gasteiger charge is 2.39. The maximum Gasteiger partial charge on any atom is 0.302 e. The molecule has 1 saturated carbocycles. The van der Waals surface area contributed by atoms with Crippen molar-refractivity contribution in [2.75, 3.05) is 13.1 Å². The number of fused-ring (bicyclic) bond motifs is 5. The van der Waals surface area contributed by atoms with Crippen LogP contribution < -0.4 is 21.1 Å². The van der Waals surface area contributed by atoms with Crippen LogP contribution in [0.3, 0.4) is 0 Å². The minimum Gasteiger partial charge on any atom is -0.504 e. The molecule has 49 heavy (non-hydrogen) atoms. The van der Waals surface area contributed by atoms with Gasteiger partial charge in [0.2, 0.25) is 0 Å². The van der Waals surface area contributed by atoms with Gasteiger partial charge in [-0.05, 0) is 94.5 Å². The summed E-state index contributed by atoms with van der Waals surface area (Å²) >= 11 is 0. The first-order valence-corrected chi connectivity index (χ1v) is 18.5. The SMILES string of the molecule is CC(=O)OC1CC(O)CCC(CN=C(N)NC2CCCCC2)(C(C)O)C#CC2CCCC3CC(CCN3)Oc3cc(c(CO)cc3O)CC21. The minimum absolute atomic E-state index is 0.0217. The van der Waals surface area contributed by atoms with E-state index < -0.39 is 29.7 Å². The van der Waals surface area contributed by atoms with Gasteiger partial charge in [0.05, 0.1) is 30.8 Å². The first-order chi connectivity index (χ1) is 23.5. The summed E-state index contributed by atoms with van der Waals surface area (Å²) in [6.07, 6.45) is 8.68. The predicted octanol–water partition coefficient (Wildman–Crippen LogP) is 3.43. The van der Waals surface area contributed by atoms with E-state index in [1.54, 1.807) is 19.1 Å². The highest BCUT2D eigenvalue weighted by Crippen LogP contribution is 2.39. The van der Waals surface area contributed by atoms with Crippen molar-refractivity contribution < 1.29 is 34.7 Å². The smallest absolute Gasteiger partial charge is 0.302 e. The molecule has 2 aliphatic carbocycles. The van der Waals surface area contributed by atoms with E-state index in [1.165, 1.54) is 26.2 Å². The molecule has 0 amide bonds. The Balaban J connectivity index is 1.56. The number of carbonyl (C=O) groups excluding carboxylic acids is 1. The molecule has 0 aromatic heterocycles. The first kappa shape index (κ1) is 37.2. The third-order valence-corrected chi connectivity index (χ3v) is 11.2. The number of aromatic hydroxyl groups is 1. The maximum absolute atomic E-state index is 12.5. The summed E-state index contributed by atoms with van der Waals surface area (Å²) in [6, 6.07) is 3.89. The van der Waals surface area contributed by atoms with Gasteiger partial charge in [-0.2, -0.15) is 0 Å². The minimum atomic E-state index is -0.951. The van der Waals surface area contributed by atoms with Crippen LogP contribution in [0, 0.1) is 29.1 Å². The molecule has 2 aliphatic heterocycles. The normalized spacial score (nSPS) is 32.3. The summed E-state index contributed by atoms with van der Waals surface area (Å²) in [7, 11) is 0. The molecule has 5 rings (SSSR count). The number of ether oxygens (including phenoxy) is 2. The molecule has 272 valence electrons. The molecule has 1 aromatic rings. The van der Waals surface area contributed by atoms with Crippen LogP contribution in [0.2, 0.25) is 0 Å². The van der Waals surface area contributed by atoms with Crippen LogP contribution in [0.15, 0.2) is 17.1 Å². The fourth-order valence-corrected chi connectivity index (χ4v) is 8.25. The van der Waals surface area contributed by atoms with Gasteiger partial charge in [-0.3, -0.25) is 9.79 Å². The van der Waals surface area contributed by atoms with Gasteiger partial charge in [-0.25, -0.2) is 0 Å². The van der Waals surface area contributed by atoms with Crippen LogP contribution in [0.5, 0.6) is 11.5 Å². The number of hydrogen-bond donors (Lipinski definition) is 7. The lowest BCUT2D eigenvalue weighted by Crippen LogP contribution is -2.43. The monoisotopic (exact) mass is 682 g/mol. The molecule has 11 heteroatoms. The summed E-state index contributed by atoms with van der Waals surface area (Å²) in [4.78, 5) is 17.2. The number of hydrogen-bond acceptors (Lipinski definition) is 9. The van der Waals surface area contributed by atoms with E-state index in [2.05, 4.69) is 22.5 Å². The number of nitrogens with zero attached hydrogens (tertiary/aromatic N) is 1. The summed E-state index contributed by atoms with van der Waals surface area (Å²) < 4.78 is 12.3. The number of phenols is 1. The van der Waals surface area contributed by atoms with Gasteiger partial charge in [-0.15, -0.1) is 0 Å². The molecule has 11 nitrogen and oxygen atoms in total. The molecule has 0 radical (unpaired) electrons. The molecule has 8 N–H and O–H groups in total. The van der Waals surface area contributed by atoms with Gasteiger partial charge >= 0.3 is 5.97 Å². The van der Waals surface area contributed by atoms with Crippen LogP contribution in [0.4, 0.5) is 0 Å². The van der Waals surface area contributed by atoms with Crippen molar-refractivity contribution in [2.24, 2.45) is 28.0 Å². The second kappa shape index (κ2) is 17.3. The van der Waals surface area contributed by atoms with Crippen LogP contribution in [0.1, 0.15) is 108 Å². The van der Waals surface area contributed by atoms with Crippen molar-refractivity contribution in [1.82, 2.24) is 10.6 Å². The fraction of sp³-hybridized carbons (Fsp3) is 0.737. The van der Waals surface area contributed by atoms with Crippen molar-refractivity contribution in [3.8, 4) is 23.3 Å². The highest BCUT2D eigenvalue weighted by molar-refractivity contribution is 5.78. The van der Waals surface area contributed by atoms with Crippen LogP contribution in [0.25, 0.3) is 0 Å². The summed E-state index contributed by atoms with van der Waals surface area (Å²) in [5.74, 6) is 6.71. The molecule has 0 spiro atoms. The van der Waals surface area contributed by atoms with E-state index in [1.807, 2.05) is 0 Å². The van der Waals surface area contributed by atoms with Gasteiger partial charge in [-0.1, -0.05) is 37.5 Å². The molecular weight excluding hydrogens is 624 g/mol. The second-order valence-corrected chi connectivity index (χ2v) is 14.9. The van der Waals surface area contributed by atoms with Crippen molar-refractivity contribution >= 4 is 11.9 Å². The summed E-state index contributed by atoms with van der Waals surface area (Å²) in [5.41, 5.74) is 6.76. The van der Waals surface area contributed by atoms with Crippen LogP contribution in [-0.2, 0) is 22.6 Å². The standard InChI is InChI=1S/C38H58N4O7/c1-24(44)38(23-41-37(39)42-29-8-4-3-5-9-29)14-11-26-7-6-10-30-20-32(13-16-40-30)49-36-19-27(28(22-43)18-34(36)47)17-33(26)35(48-25(2)45)21-31(46)12-15-38/h18-19,24,26,29-33,35,40,43-44,46-47H,3-10,12-13,15-17,20-23H2,1-2H3,(H3,39,41,42). The maximum atomic E-state index is 12.5. The quantitative estimate of drug-likeness (QED) is 0.102. The Hall–Kier alpha value is -3.04. The van der Waals surface area contributed by atoms with Gasteiger partial charge in [0.15, 0.2) is 17.5 Å². The van der Waals surface area contributed by atoms with Crippen molar-refractivity contribution in [3.05, 3.63) is 23.3 Å². The van der Waals surface area contributed by atoms with Gasteiger partial charge in [0.25, 0.3) is 0 Å². The molecule has 2 heterocycles. The summed E-state index contributed by atoms with van der Waals surface area (Å²) in [6.45, 7) is 3.81. The third kappa shape index (κ3) is 10.0. The number of aliphatic hydroxyl groups is 3. The number of phenolic OH excluding ortho intramolecular Hbond substituents is 1. The molecule has 2 fully saturated rings. The summed E-state index contributed by atoms with van der Waals surface area (Å²) in [5, 5.41) is 51.0. The predicted molar refractivity (Wildman–Crippen MR) is 188 cm³/mol. The number of carbonyl (C=O) groups is 1. The lowest BCUT2D eigenvalue weighted by molar-refractivity contribution is -0.152. The number of nitrogens with two attached hydrogens (primary N) is 1. The molecular formula is C38H58N4O7. The Labute approximate surface area is 291 Å². The fourth-order valence-electron chi connectivity index (χ4n) is 8.25. The Morgan fingerprint density at radius 1 is 1.16 bits per heavy atom. The Morgan fingerprint density at radius 3 is 2.69 bits per heavy atom. The van der Waals surface area contributed by atoms with E-state index in [4.69, 9.17) is 20.2 Å². The molecule has 4 bridgehead atoms. The lowest BCUT2D eigenvalue weighted by atomic mass is 9.73. The van der Waals surface area contributed by atoms with Gasteiger partial charge < -0.3 is 46.3 Å². The zero-order valence-corrected chi connectivity index (χ0v) is 29.3. The number of esters is 1. The zero-order chi connectivity index (χ0) is 35.0. The number of aliphatic hydroxyl groups excluding tert-OH is 3. The average Bonchev–Trinajstić information content (AvgIpc) is 3.07. The Kier molecular flexibility index (Phi) is 13.1. The number of rotatable bonds is 6. The zero-order valence-electron chi connectivity index (χ0n) is 29.3. The topological polar surface area (TPSA) is 179 Å². The molecule has 1 aromatic carbocycles. The Morgan fingerprint density at radius 2 is 1.96 bits per heavy atom. The number of benzene rings is 1. The molecule has 1 saturated heterocycles. The molecule has 8 atom stereocenters. The van der Waals surface area contributed by atoms with Crippen molar-refractivity contribution in [1.29, 1.82) is 0 Å². The van der Waals surface area contributed by atoms with Crippen molar-refractivity contribution in [2.45, 2.75) is 147 Å². The van der Waals surface area contributed by atoms with E-state index in [-0.39, 0.29) is 49.3 Å². The van der Waals surface area contributed by atoms with Crippen LogP contribution >= 0.6 is 0 Å². The van der Waals surface area contributed by atoms with Gasteiger partial charge in [0.1, 0.15) is 12.2 Å². The highest BCUT2D eigenvalue weighted by atomic mass is 16.5. The number of piperidine rings is 1. The van der Waals surface area contributed by atoms with Crippen LogP contribution in [-0.4, -0.2) is 81.9 Å². The number of nitrogens with one attached hydrogen (secondary N) is 2. The Bertz CT molecular complexity index is 1350. The van der Waals surface area contributed by atoms with Crippen molar-refractivity contribution in [3.63, 3.8) is 0 Å². The van der Waals surface area contributed by atoms with E-state index >= 15 is 0 Å². The van der Waals surface area contributed by atoms with E-state index in [0.717, 1.165) is 50.6 Å². The average molecular weight is 683 g/mol. The number of aliphatic imine (C=N–C) groups is 1. The largest absolute Gasteiger partial charge is 0.504 e. The molecule has 8 unspecified atom stereocenters. The first-order valence-electron chi connectivity index (χ1n) is 18.5. The third-order valence-electron chi connectivity index (χ3n) is 11.2. The number of guanidine groups is 1.